The van der Waals surface area contributed by atoms with E-state index >= 15 is 0 Å². The molecule has 0 aliphatic carbocycles. The number of allylic oxidation sites excluding steroid dienone is 6. The number of quaternary nitrogens is 1. The van der Waals surface area contributed by atoms with Crippen LogP contribution in [0.2, 0.25) is 0 Å². The van der Waals surface area contributed by atoms with Crippen molar-refractivity contribution in [3.8, 4) is 0 Å². The number of carboxylic acids is 1. The van der Waals surface area contributed by atoms with E-state index in [0.29, 0.717) is 17.4 Å². The minimum absolute atomic E-state index is 0.151. The van der Waals surface area contributed by atoms with E-state index in [1.54, 1.807) is 0 Å². The second kappa shape index (κ2) is 69.4. The highest BCUT2D eigenvalue weighted by Gasteiger charge is 2.22. The standard InChI is InChI=1S/C78H147NO8/c1-6-8-10-12-14-16-18-20-22-24-26-28-30-32-34-36-38-40-42-44-46-48-50-52-54-56-58-60-62-64-66-68-75(80)85-72-74(73-86-78(77(82)83)84-71-70-79(3,4)5)87-76(81)69-67-65-63-61-59-57-55-53-51-49-47-45-43-41-39-37-35-33-31-29-27-25-23-21-19-17-15-13-11-9-7-2/h19,21,24-27,74,78H,6-18,20,22-23,28-73H2,1-5H3/b21-19-,26-24-,27-25-. The first-order chi connectivity index (χ1) is 42.6. The molecule has 0 aromatic heterocycles. The summed E-state index contributed by atoms with van der Waals surface area (Å²) in [7, 11) is 5.95. The maximum absolute atomic E-state index is 13.0. The van der Waals surface area contributed by atoms with E-state index in [2.05, 4.69) is 50.3 Å². The van der Waals surface area contributed by atoms with Gasteiger partial charge in [0.1, 0.15) is 13.2 Å². The van der Waals surface area contributed by atoms with E-state index in [9.17, 15) is 19.5 Å². The highest BCUT2D eigenvalue weighted by Crippen LogP contribution is 2.19. The molecule has 0 bridgehead atoms. The number of nitrogens with zero attached hydrogens (tertiary/aromatic N) is 1. The molecule has 9 heteroatoms. The third-order valence-electron chi connectivity index (χ3n) is 17.4. The highest BCUT2D eigenvalue weighted by atomic mass is 16.7. The first-order valence-electron chi connectivity index (χ1n) is 38.1. The van der Waals surface area contributed by atoms with Gasteiger partial charge in [0, 0.05) is 12.8 Å². The van der Waals surface area contributed by atoms with E-state index in [-0.39, 0.29) is 32.2 Å². The zero-order valence-corrected chi connectivity index (χ0v) is 58.7. The average molecular weight is 1230 g/mol. The Labute approximate surface area is 540 Å². The fourth-order valence-corrected chi connectivity index (χ4v) is 11.5. The Morgan fingerprint density at radius 3 is 0.920 bits per heavy atom. The Hall–Kier alpha value is -2.49. The van der Waals surface area contributed by atoms with Crippen molar-refractivity contribution in [2.75, 3.05) is 47.5 Å². The number of aliphatic carboxylic acids is 1. The average Bonchev–Trinajstić information content (AvgIpc) is 3.56. The number of rotatable bonds is 72. The maximum atomic E-state index is 13.0. The molecule has 2 unspecified atom stereocenters. The zero-order valence-electron chi connectivity index (χ0n) is 58.7. The second-order valence-corrected chi connectivity index (χ2v) is 27.3. The number of unbranched alkanes of at least 4 members (excludes halogenated alkanes) is 51. The summed E-state index contributed by atoms with van der Waals surface area (Å²) in [6.07, 6.45) is 85.4. The Kier molecular flexibility index (Phi) is 67.4. The molecular weight excluding hydrogens is 1080 g/mol. The van der Waals surface area contributed by atoms with Crippen LogP contribution in [0.5, 0.6) is 0 Å². The number of hydrogen-bond donors (Lipinski definition) is 0. The van der Waals surface area contributed by atoms with Gasteiger partial charge in [-0.05, 0) is 70.6 Å². The van der Waals surface area contributed by atoms with E-state index in [0.717, 1.165) is 44.9 Å². The predicted octanol–water partition coefficient (Wildman–Crippen LogP) is 22.6. The Bertz CT molecular complexity index is 1520. The molecule has 2 atom stereocenters. The fourth-order valence-electron chi connectivity index (χ4n) is 11.5. The minimum atomic E-state index is -1.62. The number of carbonyl (C=O) groups is 3. The van der Waals surface area contributed by atoms with Crippen LogP contribution in [0.4, 0.5) is 0 Å². The lowest BCUT2D eigenvalue weighted by Gasteiger charge is -2.26. The molecule has 0 fully saturated rings. The summed E-state index contributed by atoms with van der Waals surface area (Å²) in [5.41, 5.74) is 0. The van der Waals surface area contributed by atoms with Gasteiger partial charge in [-0.1, -0.05) is 339 Å². The maximum Gasteiger partial charge on any atom is 0.306 e. The second-order valence-electron chi connectivity index (χ2n) is 27.3. The molecule has 0 aromatic carbocycles. The van der Waals surface area contributed by atoms with Crippen molar-refractivity contribution in [2.45, 2.75) is 399 Å². The monoisotopic (exact) mass is 1230 g/mol. The molecule has 0 N–H and O–H groups in total. The molecule has 0 aliphatic heterocycles. The van der Waals surface area contributed by atoms with E-state index in [4.69, 9.17) is 18.9 Å². The number of carboxylic acid groups (broad SMARTS) is 1. The van der Waals surface area contributed by atoms with Gasteiger partial charge >= 0.3 is 11.9 Å². The molecule has 0 aromatic rings. The van der Waals surface area contributed by atoms with Crippen LogP contribution < -0.4 is 5.11 Å². The van der Waals surface area contributed by atoms with Crippen LogP contribution in [0, 0.1) is 0 Å². The minimum Gasteiger partial charge on any atom is -0.545 e. The molecule has 0 saturated heterocycles. The molecule has 512 valence electrons. The number of hydrogen-bond acceptors (Lipinski definition) is 8. The van der Waals surface area contributed by atoms with Gasteiger partial charge in [-0.3, -0.25) is 9.59 Å². The first kappa shape index (κ1) is 84.5. The third-order valence-corrected chi connectivity index (χ3v) is 17.4. The topological polar surface area (TPSA) is 111 Å². The Balaban J connectivity index is 4.01. The summed E-state index contributed by atoms with van der Waals surface area (Å²) >= 11 is 0. The lowest BCUT2D eigenvalue weighted by molar-refractivity contribution is -0.870. The molecule has 0 rings (SSSR count). The van der Waals surface area contributed by atoms with Crippen LogP contribution in [0.15, 0.2) is 36.5 Å². The number of ether oxygens (including phenoxy) is 4. The normalized spacial score (nSPS) is 12.8. The van der Waals surface area contributed by atoms with Crippen LogP contribution >= 0.6 is 0 Å². The van der Waals surface area contributed by atoms with Gasteiger partial charge in [-0.15, -0.1) is 0 Å². The van der Waals surface area contributed by atoms with Crippen molar-refractivity contribution in [3.05, 3.63) is 36.5 Å². The molecule has 87 heavy (non-hydrogen) atoms. The number of carbonyl (C=O) groups excluding carboxylic acids is 3. The van der Waals surface area contributed by atoms with Crippen molar-refractivity contribution >= 4 is 17.9 Å². The molecule has 0 amide bonds. The molecule has 9 nitrogen and oxygen atoms in total. The quantitative estimate of drug-likeness (QED) is 0.0195. The van der Waals surface area contributed by atoms with Gasteiger partial charge < -0.3 is 33.3 Å². The summed E-state index contributed by atoms with van der Waals surface area (Å²) in [6.45, 7) is 4.81. The van der Waals surface area contributed by atoms with Crippen molar-refractivity contribution in [2.24, 2.45) is 0 Å². The fraction of sp³-hybridized carbons (Fsp3) is 0.885. The lowest BCUT2D eigenvalue weighted by atomic mass is 10.0. The largest absolute Gasteiger partial charge is 0.545 e. The number of likely N-dealkylation sites (N-methyl/N-ethyl adjacent to an activating group) is 1. The highest BCUT2D eigenvalue weighted by molar-refractivity contribution is 5.70. The van der Waals surface area contributed by atoms with Crippen molar-refractivity contribution in [1.29, 1.82) is 0 Å². The van der Waals surface area contributed by atoms with Crippen LogP contribution in [-0.2, 0) is 33.3 Å². The van der Waals surface area contributed by atoms with Crippen molar-refractivity contribution in [1.82, 2.24) is 0 Å². The SMILES string of the molecule is CCCCCCC/C=C\C/C=C\CCCCCCCCCCCCCCCCCCCCCC(=O)OC(COC(=O)CCCCCCCCCCCCCCCCCCCCC/C=C\CCCCCCCCCC)COC(OCC[N+](C)(C)C)C(=O)[O-]. The van der Waals surface area contributed by atoms with Gasteiger partial charge in [-0.25, -0.2) is 0 Å². The summed E-state index contributed by atoms with van der Waals surface area (Å²) < 4.78 is 22.9. The van der Waals surface area contributed by atoms with E-state index < -0.39 is 24.3 Å². The molecule has 0 radical (unpaired) electrons. The van der Waals surface area contributed by atoms with E-state index in [1.165, 1.54) is 315 Å². The van der Waals surface area contributed by atoms with Gasteiger partial charge in [0.05, 0.1) is 40.3 Å². The number of esters is 2. The van der Waals surface area contributed by atoms with Crippen molar-refractivity contribution in [3.63, 3.8) is 0 Å². The van der Waals surface area contributed by atoms with Crippen molar-refractivity contribution < 1.29 is 42.9 Å². The Morgan fingerprint density at radius 2 is 0.621 bits per heavy atom. The van der Waals surface area contributed by atoms with Crippen LogP contribution in [-0.4, -0.2) is 82.3 Å². The summed E-state index contributed by atoms with van der Waals surface area (Å²) in [5.74, 6) is -2.25. The predicted molar refractivity (Wildman–Crippen MR) is 371 cm³/mol. The summed E-state index contributed by atoms with van der Waals surface area (Å²) in [6, 6.07) is 0. The van der Waals surface area contributed by atoms with Gasteiger partial charge in [0.25, 0.3) is 0 Å². The summed E-state index contributed by atoms with van der Waals surface area (Å²) in [4.78, 5) is 37.6. The Morgan fingerprint density at radius 1 is 0.345 bits per heavy atom. The van der Waals surface area contributed by atoms with Gasteiger partial charge in [0.2, 0.25) is 0 Å². The molecule has 0 saturated carbocycles. The van der Waals surface area contributed by atoms with Crippen LogP contribution in [0.25, 0.3) is 0 Å². The van der Waals surface area contributed by atoms with Gasteiger partial charge in [-0.2, -0.15) is 0 Å². The third kappa shape index (κ3) is 70.8. The van der Waals surface area contributed by atoms with Gasteiger partial charge in [0.15, 0.2) is 12.4 Å². The lowest BCUT2D eigenvalue weighted by Crippen LogP contribution is -2.44. The molecule has 0 aliphatic rings. The smallest absolute Gasteiger partial charge is 0.306 e. The van der Waals surface area contributed by atoms with Crippen LogP contribution in [0.1, 0.15) is 386 Å². The van der Waals surface area contributed by atoms with Crippen LogP contribution in [0.3, 0.4) is 0 Å². The first-order valence-corrected chi connectivity index (χ1v) is 38.1. The molecular formula is C78H147NO8. The molecule has 0 heterocycles. The summed E-state index contributed by atoms with van der Waals surface area (Å²) in [5, 5.41) is 11.8. The molecule has 0 spiro atoms. The van der Waals surface area contributed by atoms with E-state index in [1.807, 2.05) is 21.1 Å². The zero-order chi connectivity index (χ0) is 63.3.